The van der Waals surface area contributed by atoms with Crippen LogP contribution in [0.1, 0.15) is 26.2 Å². The quantitative estimate of drug-likeness (QED) is 0.695. The van der Waals surface area contributed by atoms with Gasteiger partial charge in [-0.1, -0.05) is 6.92 Å². The van der Waals surface area contributed by atoms with Crippen molar-refractivity contribution in [3.8, 4) is 0 Å². The number of nitrogens with two attached hydrogens (primary N) is 1. The van der Waals surface area contributed by atoms with E-state index in [4.69, 9.17) is 5.73 Å². The second-order valence-corrected chi connectivity index (χ2v) is 5.31. The Morgan fingerprint density at radius 2 is 2.12 bits per heavy atom. The lowest BCUT2D eigenvalue weighted by Gasteiger charge is -2.30. The van der Waals surface area contributed by atoms with Gasteiger partial charge in [-0.3, -0.25) is 9.59 Å². The zero-order valence-electron chi connectivity index (χ0n) is 10.3. The average molecular weight is 239 g/mol. The highest BCUT2D eigenvalue weighted by molar-refractivity contribution is 5.84. The summed E-state index contributed by atoms with van der Waals surface area (Å²) >= 11 is 0. The lowest BCUT2D eigenvalue weighted by molar-refractivity contribution is -0.133. The first kappa shape index (κ1) is 12.4. The Hall–Kier alpha value is -1.10. The number of carbonyl (C=O) groups is 2. The van der Waals surface area contributed by atoms with Crippen molar-refractivity contribution in [3.63, 3.8) is 0 Å². The number of nitrogens with zero attached hydrogens (tertiary/aromatic N) is 1. The van der Waals surface area contributed by atoms with E-state index in [1.165, 1.54) is 0 Å². The molecule has 2 saturated heterocycles. The molecule has 0 bridgehead atoms. The number of amides is 2. The fraction of sp³-hybridized carbons (Fsp3) is 0.833. The minimum atomic E-state index is -0.287. The van der Waals surface area contributed by atoms with Crippen LogP contribution in [0.5, 0.6) is 0 Å². The van der Waals surface area contributed by atoms with Crippen molar-refractivity contribution >= 4 is 11.8 Å². The van der Waals surface area contributed by atoms with E-state index in [1.807, 2.05) is 0 Å². The lowest BCUT2D eigenvalue weighted by Crippen LogP contribution is -2.49. The number of carbonyl (C=O) groups excluding carboxylic acids is 2. The predicted molar refractivity (Wildman–Crippen MR) is 64.1 cm³/mol. The summed E-state index contributed by atoms with van der Waals surface area (Å²) in [5, 5.41) is 3.26. The van der Waals surface area contributed by atoms with Crippen LogP contribution in [0.3, 0.4) is 0 Å². The molecule has 0 spiro atoms. The molecule has 3 atom stereocenters. The number of piperidine rings is 1. The lowest BCUT2D eigenvalue weighted by atomic mass is 9.93. The van der Waals surface area contributed by atoms with E-state index < -0.39 is 0 Å². The van der Waals surface area contributed by atoms with Crippen molar-refractivity contribution in [2.24, 2.45) is 17.6 Å². The van der Waals surface area contributed by atoms with Gasteiger partial charge in [-0.15, -0.1) is 0 Å². The maximum Gasteiger partial charge on any atom is 0.239 e. The SMILES string of the molecule is CC1CCNC(C(=O)N2CCC(C(N)=O)C2)C1. The van der Waals surface area contributed by atoms with Gasteiger partial charge in [-0.25, -0.2) is 0 Å². The van der Waals surface area contributed by atoms with Gasteiger partial charge in [0.1, 0.15) is 0 Å². The molecule has 2 aliphatic rings. The van der Waals surface area contributed by atoms with Gasteiger partial charge in [-0.05, 0) is 31.7 Å². The smallest absolute Gasteiger partial charge is 0.239 e. The van der Waals surface area contributed by atoms with Gasteiger partial charge < -0.3 is 16.0 Å². The molecule has 96 valence electrons. The molecule has 3 N–H and O–H groups in total. The molecule has 0 radical (unpaired) electrons. The van der Waals surface area contributed by atoms with Gasteiger partial charge >= 0.3 is 0 Å². The predicted octanol–water partition coefficient (Wildman–Crippen LogP) is -0.292. The van der Waals surface area contributed by atoms with E-state index in [0.717, 1.165) is 19.4 Å². The number of primary amides is 1. The molecule has 0 aliphatic carbocycles. The Morgan fingerprint density at radius 3 is 2.71 bits per heavy atom. The molecular weight excluding hydrogens is 218 g/mol. The highest BCUT2D eigenvalue weighted by atomic mass is 16.2. The summed E-state index contributed by atoms with van der Waals surface area (Å²) < 4.78 is 0. The van der Waals surface area contributed by atoms with Crippen LogP contribution >= 0.6 is 0 Å². The molecule has 2 rings (SSSR count). The summed E-state index contributed by atoms with van der Waals surface area (Å²) in [6.45, 7) is 4.25. The Kier molecular flexibility index (Phi) is 3.66. The molecule has 0 aromatic heterocycles. The highest BCUT2D eigenvalue weighted by Gasteiger charge is 2.34. The fourth-order valence-corrected chi connectivity index (χ4v) is 2.71. The monoisotopic (exact) mass is 239 g/mol. The standard InChI is InChI=1S/C12H21N3O2/c1-8-2-4-14-10(6-8)12(17)15-5-3-9(7-15)11(13)16/h8-10,14H,2-7H2,1H3,(H2,13,16). The number of nitrogens with one attached hydrogen (secondary N) is 1. The highest BCUT2D eigenvalue weighted by Crippen LogP contribution is 2.21. The van der Waals surface area contributed by atoms with Gasteiger partial charge in [0.05, 0.1) is 12.0 Å². The molecule has 2 aliphatic heterocycles. The first-order valence-electron chi connectivity index (χ1n) is 6.39. The summed E-state index contributed by atoms with van der Waals surface area (Å²) in [7, 11) is 0. The van der Waals surface area contributed by atoms with Crippen molar-refractivity contribution < 1.29 is 9.59 Å². The first-order valence-corrected chi connectivity index (χ1v) is 6.39. The maximum absolute atomic E-state index is 12.2. The molecule has 5 nitrogen and oxygen atoms in total. The second-order valence-electron chi connectivity index (χ2n) is 5.31. The third-order valence-electron chi connectivity index (χ3n) is 3.87. The van der Waals surface area contributed by atoms with Crippen molar-refractivity contribution in [2.45, 2.75) is 32.2 Å². The molecule has 0 aromatic carbocycles. The Labute approximate surface area is 102 Å². The third-order valence-corrected chi connectivity index (χ3v) is 3.87. The summed E-state index contributed by atoms with van der Waals surface area (Å²) in [6, 6.07) is -0.0645. The number of hydrogen-bond donors (Lipinski definition) is 2. The molecule has 2 fully saturated rings. The van der Waals surface area contributed by atoms with E-state index in [1.54, 1.807) is 4.90 Å². The Balaban J connectivity index is 1.90. The minimum Gasteiger partial charge on any atom is -0.369 e. The van der Waals surface area contributed by atoms with Crippen LogP contribution in [0.25, 0.3) is 0 Å². The van der Waals surface area contributed by atoms with Crippen LogP contribution in [-0.4, -0.2) is 42.4 Å². The van der Waals surface area contributed by atoms with E-state index in [-0.39, 0.29) is 23.8 Å². The van der Waals surface area contributed by atoms with Crippen LogP contribution in [0.2, 0.25) is 0 Å². The molecular formula is C12H21N3O2. The van der Waals surface area contributed by atoms with E-state index in [0.29, 0.717) is 25.4 Å². The molecule has 0 aromatic rings. The van der Waals surface area contributed by atoms with Crippen molar-refractivity contribution in [1.29, 1.82) is 0 Å². The van der Waals surface area contributed by atoms with Crippen LogP contribution in [0.15, 0.2) is 0 Å². The number of likely N-dealkylation sites (tertiary alicyclic amines) is 1. The van der Waals surface area contributed by atoms with Crippen molar-refractivity contribution in [1.82, 2.24) is 10.2 Å². The molecule has 2 amide bonds. The van der Waals surface area contributed by atoms with Crippen LogP contribution < -0.4 is 11.1 Å². The van der Waals surface area contributed by atoms with E-state index in [2.05, 4.69) is 12.2 Å². The van der Waals surface area contributed by atoms with Crippen molar-refractivity contribution in [3.05, 3.63) is 0 Å². The zero-order valence-corrected chi connectivity index (χ0v) is 10.3. The molecule has 0 saturated carbocycles. The second kappa shape index (κ2) is 5.04. The van der Waals surface area contributed by atoms with Gasteiger partial charge in [0, 0.05) is 13.1 Å². The maximum atomic E-state index is 12.2. The van der Waals surface area contributed by atoms with Gasteiger partial charge in [0.15, 0.2) is 0 Å². The molecule has 2 heterocycles. The summed E-state index contributed by atoms with van der Waals surface area (Å²) in [5.74, 6) is 0.297. The molecule has 5 heteroatoms. The van der Waals surface area contributed by atoms with Crippen LogP contribution in [0, 0.1) is 11.8 Å². The van der Waals surface area contributed by atoms with E-state index in [9.17, 15) is 9.59 Å². The Bertz CT molecular complexity index is 319. The topological polar surface area (TPSA) is 75.4 Å². The molecule has 17 heavy (non-hydrogen) atoms. The normalized spacial score (nSPS) is 33.7. The fourth-order valence-electron chi connectivity index (χ4n) is 2.71. The van der Waals surface area contributed by atoms with Gasteiger partial charge in [-0.2, -0.15) is 0 Å². The van der Waals surface area contributed by atoms with Crippen molar-refractivity contribution in [2.75, 3.05) is 19.6 Å². The summed E-state index contributed by atoms with van der Waals surface area (Å²) in [6.07, 6.45) is 2.74. The largest absolute Gasteiger partial charge is 0.369 e. The van der Waals surface area contributed by atoms with Crippen LogP contribution in [-0.2, 0) is 9.59 Å². The first-order chi connectivity index (χ1) is 8.08. The van der Waals surface area contributed by atoms with Gasteiger partial charge in [0.25, 0.3) is 0 Å². The molecule has 3 unspecified atom stereocenters. The minimum absolute atomic E-state index is 0.0645. The number of hydrogen-bond acceptors (Lipinski definition) is 3. The summed E-state index contributed by atoms with van der Waals surface area (Å²) in [5.41, 5.74) is 5.27. The summed E-state index contributed by atoms with van der Waals surface area (Å²) in [4.78, 5) is 25.1. The van der Waals surface area contributed by atoms with E-state index >= 15 is 0 Å². The third kappa shape index (κ3) is 2.77. The number of rotatable bonds is 2. The zero-order chi connectivity index (χ0) is 12.4. The van der Waals surface area contributed by atoms with Gasteiger partial charge in [0.2, 0.25) is 11.8 Å². The Morgan fingerprint density at radius 1 is 1.35 bits per heavy atom. The average Bonchev–Trinajstić information content (AvgIpc) is 2.77. The van der Waals surface area contributed by atoms with Crippen LogP contribution in [0.4, 0.5) is 0 Å².